The minimum Gasteiger partial charge on any atom is -0.338 e. The first-order valence-corrected chi connectivity index (χ1v) is 8.23. The van der Waals surface area contributed by atoms with Gasteiger partial charge in [0.05, 0.1) is 12.0 Å². The standard InChI is InChI=1S/C18H19N5O2/c1-11-12(2)23(10-19-11)14-6-4-13(5-7-14)20-16(24)15-21-17(25-22-15)18(3)8-9-18/h4-7,10H,8-9H2,1-3H3,(H,20,24). The monoisotopic (exact) mass is 337 g/mol. The van der Waals surface area contributed by atoms with Crippen molar-refractivity contribution >= 4 is 11.6 Å². The van der Waals surface area contributed by atoms with Crippen LogP contribution in [-0.4, -0.2) is 25.6 Å². The smallest absolute Gasteiger partial charge is 0.297 e. The third-order valence-electron chi connectivity index (χ3n) is 4.80. The number of nitrogens with zero attached hydrogens (tertiary/aromatic N) is 4. The van der Waals surface area contributed by atoms with Crippen molar-refractivity contribution in [3.05, 3.63) is 53.7 Å². The second-order valence-corrected chi connectivity index (χ2v) is 6.77. The maximum absolute atomic E-state index is 12.3. The number of aryl methyl sites for hydroxylation is 1. The molecule has 0 saturated heterocycles. The Bertz CT molecular complexity index is 935. The van der Waals surface area contributed by atoms with Gasteiger partial charge >= 0.3 is 0 Å². The van der Waals surface area contributed by atoms with Gasteiger partial charge in [-0.05, 0) is 51.0 Å². The molecule has 1 N–H and O–H groups in total. The van der Waals surface area contributed by atoms with Crippen LogP contribution in [0.3, 0.4) is 0 Å². The fraction of sp³-hybridized carbons (Fsp3) is 0.333. The van der Waals surface area contributed by atoms with Gasteiger partial charge in [0.1, 0.15) is 0 Å². The average Bonchev–Trinajstić information content (AvgIpc) is 3.03. The highest BCUT2D eigenvalue weighted by Gasteiger charge is 2.44. The lowest BCUT2D eigenvalue weighted by atomic mass is 10.1. The number of benzene rings is 1. The summed E-state index contributed by atoms with van der Waals surface area (Å²) in [5.74, 6) is 0.230. The van der Waals surface area contributed by atoms with Gasteiger partial charge in [-0.15, -0.1) is 0 Å². The van der Waals surface area contributed by atoms with Crippen LogP contribution in [0.5, 0.6) is 0 Å². The molecule has 2 heterocycles. The van der Waals surface area contributed by atoms with Crippen LogP contribution in [0.25, 0.3) is 5.69 Å². The molecule has 7 nitrogen and oxygen atoms in total. The topological polar surface area (TPSA) is 85.8 Å². The number of carbonyl (C=O) groups is 1. The van der Waals surface area contributed by atoms with Crippen molar-refractivity contribution in [3.63, 3.8) is 0 Å². The number of imidazole rings is 1. The van der Waals surface area contributed by atoms with E-state index in [0.717, 1.165) is 29.9 Å². The lowest BCUT2D eigenvalue weighted by Gasteiger charge is -2.07. The Morgan fingerprint density at radius 2 is 1.96 bits per heavy atom. The summed E-state index contributed by atoms with van der Waals surface area (Å²) >= 11 is 0. The molecule has 4 rings (SSSR count). The highest BCUT2D eigenvalue weighted by molar-refractivity contribution is 6.01. The van der Waals surface area contributed by atoms with Gasteiger partial charge in [-0.25, -0.2) is 4.98 Å². The number of carbonyl (C=O) groups excluding carboxylic acids is 1. The second-order valence-electron chi connectivity index (χ2n) is 6.77. The summed E-state index contributed by atoms with van der Waals surface area (Å²) in [6.07, 6.45) is 3.83. The lowest BCUT2D eigenvalue weighted by molar-refractivity contribution is 0.101. The van der Waals surface area contributed by atoms with Crippen LogP contribution in [0.4, 0.5) is 5.69 Å². The predicted molar refractivity (Wildman–Crippen MR) is 91.9 cm³/mol. The molecular formula is C18H19N5O2. The van der Waals surface area contributed by atoms with Crippen molar-refractivity contribution in [1.82, 2.24) is 19.7 Å². The van der Waals surface area contributed by atoms with Crippen molar-refractivity contribution in [3.8, 4) is 5.69 Å². The second kappa shape index (κ2) is 5.54. The zero-order valence-corrected chi connectivity index (χ0v) is 14.4. The molecule has 7 heteroatoms. The van der Waals surface area contributed by atoms with Gasteiger partial charge in [-0.3, -0.25) is 4.79 Å². The number of hydrogen-bond acceptors (Lipinski definition) is 5. The normalized spacial score (nSPS) is 15.2. The summed E-state index contributed by atoms with van der Waals surface area (Å²) < 4.78 is 7.21. The molecule has 128 valence electrons. The Morgan fingerprint density at radius 1 is 1.24 bits per heavy atom. The molecule has 1 aliphatic carbocycles. The van der Waals surface area contributed by atoms with E-state index in [0.29, 0.717) is 11.6 Å². The van der Waals surface area contributed by atoms with Crippen LogP contribution in [0.15, 0.2) is 35.1 Å². The van der Waals surface area contributed by atoms with Gasteiger partial charge in [-0.1, -0.05) is 12.1 Å². The van der Waals surface area contributed by atoms with E-state index < -0.39 is 0 Å². The maximum atomic E-state index is 12.3. The molecule has 3 aromatic rings. The van der Waals surface area contributed by atoms with Crippen molar-refractivity contribution in [2.75, 3.05) is 5.32 Å². The molecule has 1 amide bonds. The summed E-state index contributed by atoms with van der Waals surface area (Å²) in [5.41, 5.74) is 3.69. The van der Waals surface area contributed by atoms with E-state index in [1.54, 1.807) is 6.33 Å². The van der Waals surface area contributed by atoms with E-state index in [2.05, 4.69) is 27.4 Å². The van der Waals surface area contributed by atoms with Crippen molar-refractivity contribution in [2.24, 2.45) is 0 Å². The molecule has 0 bridgehead atoms. The van der Waals surface area contributed by atoms with E-state index in [1.807, 2.05) is 42.7 Å². The third kappa shape index (κ3) is 2.82. The molecule has 25 heavy (non-hydrogen) atoms. The van der Waals surface area contributed by atoms with Crippen LogP contribution in [0, 0.1) is 13.8 Å². The number of aromatic nitrogens is 4. The number of nitrogens with one attached hydrogen (secondary N) is 1. The Balaban J connectivity index is 1.48. The average molecular weight is 337 g/mol. The first-order chi connectivity index (χ1) is 12.0. The summed E-state index contributed by atoms with van der Waals surface area (Å²) in [7, 11) is 0. The molecule has 1 aromatic carbocycles. The number of amides is 1. The molecule has 2 aromatic heterocycles. The Labute approximate surface area is 145 Å². The number of rotatable bonds is 4. The highest BCUT2D eigenvalue weighted by Crippen LogP contribution is 2.46. The molecule has 0 spiro atoms. The van der Waals surface area contributed by atoms with Crippen LogP contribution >= 0.6 is 0 Å². The Morgan fingerprint density at radius 3 is 2.56 bits per heavy atom. The van der Waals surface area contributed by atoms with E-state index in [9.17, 15) is 4.79 Å². The Kier molecular flexibility index (Phi) is 3.45. The zero-order chi connectivity index (χ0) is 17.6. The number of hydrogen-bond donors (Lipinski definition) is 1. The maximum Gasteiger partial charge on any atom is 0.297 e. The fourth-order valence-electron chi connectivity index (χ4n) is 2.61. The largest absolute Gasteiger partial charge is 0.338 e. The van der Waals surface area contributed by atoms with Crippen LogP contribution in [0.2, 0.25) is 0 Å². The highest BCUT2D eigenvalue weighted by atomic mass is 16.5. The van der Waals surface area contributed by atoms with Crippen molar-refractivity contribution in [2.45, 2.75) is 39.0 Å². The van der Waals surface area contributed by atoms with Gasteiger partial charge in [0.2, 0.25) is 5.89 Å². The molecule has 0 aliphatic heterocycles. The van der Waals surface area contributed by atoms with Gasteiger partial charge in [0.15, 0.2) is 0 Å². The summed E-state index contributed by atoms with van der Waals surface area (Å²) in [5, 5.41) is 6.58. The minimum atomic E-state index is -0.373. The minimum absolute atomic E-state index is 0.0477. The molecule has 1 fully saturated rings. The van der Waals surface area contributed by atoms with E-state index in [4.69, 9.17) is 4.52 Å². The molecule has 0 radical (unpaired) electrons. The van der Waals surface area contributed by atoms with Gasteiger partial charge in [-0.2, -0.15) is 4.98 Å². The molecule has 0 unspecified atom stereocenters. The van der Waals surface area contributed by atoms with Crippen LogP contribution in [0.1, 0.15) is 47.7 Å². The zero-order valence-electron chi connectivity index (χ0n) is 14.4. The Hall–Kier alpha value is -2.96. The van der Waals surface area contributed by atoms with Crippen molar-refractivity contribution in [1.29, 1.82) is 0 Å². The molecule has 0 atom stereocenters. The number of anilines is 1. The first kappa shape index (κ1) is 15.6. The lowest BCUT2D eigenvalue weighted by Crippen LogP contribution is -2.14. The van der Waals surface area contributed by atoms with E-state index in [-0.39, 0.29) is 17.1 Å². The predicted octanol–water partition coefficient (Wildman–Crippen LogP) is 3.18. The summed E-state index contributed by atoms with van der Waals surface area (Å²) in [6, 6.07) is 7.53. The molecule has 1 aliphatic rings. The first-order valence-electron chi connectivity index (χ1n) is 8.23. The molecular weight excluding hydrogens is 318 g/mol. The fourth-order valence-corrected chi connectivity index (χ4v) is 2.61. The van der Waals surface area contributed by atoms with Gasteiger partial charge in [0, 0.05) is 22.5 Å². The van der Waals surface area contributed by atoms with Gasteiger partial charge in [0.25, 0.3) is 11.7 Å². The van der Waals surface area contributed by atoms with Crippen molar-refractivity contribution < 1.29 is 9.32 Å². The van der Waals surface area contributed by atoms with E-state index in [1.165, 1.54) is 0 Å². The molecule has 1 saturated carbocycles. The van der Waals surface area contributed by atoms with E-state index >= 15 is 0 Å². The SMILES string of the molecule is Cc1ncn(-c2ccc(NC(=O)c3noc(C4(C)CC4)n3)cc2)c1C. The third-order valence-corrected chi connectivity index (χ3v) is 4.80. The van der Waals surface area contributed by atoms with Crippen LogP contribution < -0.4 is 5.32 Å². The summed E-state index contributed by atoms with van der Waals surface area (Å²) in [4.78, 5) is 20.8. The summed E-state index contributed by atoms with van der Waals surface area (Å²) in [6.45, 7) is 6.05. The van der Waals surface area contributed by atoms with Crippen LogP contribution in [-0.2, 0) is 5.41 Å². The van der Waals surface area contributed by atoms with Gasteiger partial charge < -0.3 is 14.4 Å². The quantitative estimate of drug-likeness (QED) is 0.790.